The van der Waals surface area contributed by atoms with E-state index in [1.807, 2.05) is 6.92 Å². The van der Waals surface area contributed by atoms with Gasteiger partial charge < -0.3 is 5.73 Å². The standard InChI is InChI=1S/C14H21FN2O2S/c1-4-7-17(11-5-6-11)20(18,19)14-9(2)8-12(15)13(16)10(14)3/h8,11H,4-7,16H2,1-3H3. The Morgan fingerprint density at radius 1 is 1.40 bits per heavy atom. The second-order valence-corrected chi connectivity index (χ2v) is 7.22. The molecule has 0 heterocycles. The van der Waals surface area contributed by atoms with E-state index in [1.54, 1.807) is 18.2 Å². The van der Waals surface area contributed by atoms with Crippen molar-refractivity contribution >= 4 is 15.7 Å². The summed E-state index contributed by atoms with van der Waals surface area (Å²) >= 11 is 0. The number of hydrogen-bond acceptors (Lipinski definition) is 3. The average molecular weight is 300 g/mol. The van der Waals surface area contributed by atoms with Crippen LogP contribution in [0, 0.1) is 19.7 Å². The Morgan fingerprint density at radius 2 is 2.00 bits per heavy atom. The van der Waals surface area contributed by atoms with Crippen LogP contribution in [0.25, 0.3) is 0 Å². The van der Waals surface area contributed by atoms with Gasteiger partial charge in [0, 0.05) is 12.6 Å². The molecule has 0 atom stereocenters. The molecule has 0 bridgehead atoms. The monoisotopic (exact) mass is 300 g/mol. The van der Waals surface area contributed by atoms with Crippen LogP contribution >= 0.6 is 0 Å². The lowest BCUT2D eigenvalue weighted by Gasteiger charge is -2.24. The van der Waals surface area contributed by atoms with Crippen molar-refractivity contribution in [2.45, 2.75) is 51.0 Å². The van der Waals surface area contributed by atoms with Crippen LogP contribution in [-0.4, -0.2) is 25.3 Å². The Labute approximate surface area is 119 Å². The molecular formula is C14H21FN2O2S. The first-order valence-corrected chi connectivity index (χ1v) is 8.31. The van der Waals surface area contributed by atoms with Gasteiger partial charge in [-0.15, -0.1) is 0 Å². The molecule has 0 saturated heterocycles. The minimum atomic E-state index is -3.61. The van der Waals surface area contributed by atoms with Crippen molar-refractivity contribution in [1.29, 1.82) is 0 Å². The van der Waals surface area contributed by atoms with Crippen LogP contribution in [-0.2, 0) is 10.0 Å². The first-order chi connectivity index (χ1) is 9.30. The van der Waals surface area contributed by atoms with Crippen LogP contribution in [0.1, 0.15) is 37.3 Å². The summed E-state index contributed by atoms with van der Waals surface area (Å²) in [5, 5.41) is 0. The van der Waals surface area contributed by atoms with Gasteiger partial charge in [-0.3, -0.25) is 0 Å². The highest BCUT2D eigenvalue weighted by molar-refractivity contribution is 7.89. The molecule has 0 aliphatic heterocycles. The molecule has 6 heteroatoms. The summed E-state index contributed by atoms with van der Waals surface area (Å²) in [6, 6.07) is 1.29. The molecule has 1 aliphatic carbocycles. The van der Waals surface area contributed by atoms with Crippen LogP contribution in [0.3, 0.4) is 0 Å². The van der Waals surface area contributed by atoms with Gasteiger partial charge in [0.2, 0.25) is 10.0 Å². The van der Waals surface area contributed by atoms with Crippen molar-refractivity contribution in [2.24, 2.45) is 0 Å². The molecule has 0 unspecified atom stereocenters. The molecule has 112 valence electrons. The van der Waals surface area contributed by atoms with Crippen LogP contribution in [0.15, 0.2) is 11.0 Å². The molecule has 1 aromatic carbocycles. The van der Waals surface area contributed by atoms with Crippen LogP contribution in [0.4, 0.5) is 10.1 Å². The number of halogens is 1. The molecule has 0 amide bonds. The molecule has 20 heavy (non-hydrogen) atoms. The van der Waals surface area contributed by atoms with E-state index in [-0.39, 0.29) is 16.6 Å². The van der Waals surface area contributed by atoms with Gasteiger partial charge in [0.15, 0.2) is 0 Å². The number of rotatable bonds is 5. The van der Waals surface area contributed by atoms with Gasteiger partial charge in [-0.1, -0.05) is 6.92 Å². The van der Waals surface area contributed by atoms with E-state index in [2.05, 4.69) is 0 Å². The molecular weight excluding hydrogens is 279 g/mol. The number of nitrogens with two attached hydrogens (primary N) is 1. The Bertz CT molecular complexity index is 625. The summed E-state index contributed by atoms with van der Waals surface area (Å²) in [5.41, 5.74) is 6.30. The van der Waals surface area contributed by atoms with Crippen LogP contribution < -0.4 is 5.73 Å². The molecule has 0 aromatic heterocycles. The lowest BCUT2D eigenvalue weighted by molar-refractivity contribution is 0.402. The van der Waals surface area contributed by atoms with E-state index in [1.165, 1.54) is 6.07 Å². The lowest BCUT2D eigenvalue weighted by atomic mass is 10.1. The highest BCUT2D eigenvalue weighted by atomic mass is 32.2. The molecule has 0 spiro atoms. The maximum Gasteiger partial charge on any atom is 0.243 e. The average Bonchev–Trinajstić information content (AvgIpc) is 3.16. The Balaban J connectivity index is 2.56. The first-order valence-electron chi connectivity index (χ1n) is 6.87. The summed E-state index contributed by atoms with van der Waals surface area (Å²) in [7, 11) is -3.61. The van der Waals surface area contributed by atoms with Crippen LogP contribution in [0.2, 0.25) is 0 Å². The maximum atomic E-state index is 13.6. The van der Waals surface area contributed by atoms with E-state index in [0.717, 1.165) is 19.3 Å². The van der Waals surface area contributed by atoms with Crippen LogP contribution in [0.5, 0.6) is 0 Å². The zero-order valence-corrected chi connectivity index (χ0v) is 12.9. The third-order valence-corrected chi connectivity index (χ3v) is 5.91. The van der Waals surface area contributed by atoms with Crippen molar-refractivity contribution in [3.05, 3.63) is 23.0 Å². The number of nitrogens with zero attached hydrogens (tertiary/aromatic N) is 1. The molecule has 0 radical (unpaired) electrons. The quantitative estimate of drug-likeness (QED) is 0.850. The molecule has 1 aromatic rings. The summed E-state index contributed by atoms with van der Waals surface area (Å²) in [5.74, 6) is -0.563. The summed E-state index contributed by atoms with van der Waals surface area (Å²) < 4.78 is 40.9. The maximum absolute atomic E-state index is 13.6. The van der Waals surface area contributed by atoms with Crippen molar-refractivity contribution in [3.8, 4) is 0 Å². The Kier molecular flexibility index (Phi) is 4.07. The van der Waals surface area contributed by atoms with Crippen molar-refractivity contribution < 1.29 is 12.8 Å². The smallest absolute Gasteiger partial charge is 0.243 e. The predicted molar refractivity (Wildman–Crippen MR) is 77.5 cm³/mol. The summed E-state index contributed by atoms with van der Waals surface area (Å²) in [6.07, 6.45) is 2.55. The summed E-state index contributed by atoms with van der Waals surface area (Å²) in [4.78, 5) is 0.164. The topological polar surface area (TPSA) is 63.4 Å². The normalized spacial score (nSPS) is 15.8. The number of anilines is 1. The molecule has 1 aliphatic rings. The Hall–Kier alpha value is -1.14. The highest BCUT2D eigenvalue weighted by Crippen LogP contribution is 2.36. The van der Waals surface area contributed by atoms with Gasteiger partial charge in [0.1, 0.15) is 5.82 Å². The number of sulfonamides is 1. The minimum absolute atomic E-state index is 0.0820. The fourth-order valence-corrected chi connectivity index (χ4v) is 4.75. The highest BCUT2D eigenvalue weighted by Gasteiger charge is 2.39. The largest absolute Gasteiger partial charge is 0.396 e. The fourth-order valence-electron chi connectivity index (χ4n) is 2.53. The van der Waals surface area contributed by atoms with Gasteiger partial charge in [-0.2, -0.15) is 4.31 Å². The molecule has 4 nitrogen and oxygen atoms in total. The van der Waals surface area contributed by atoms with Gasteiger partial charge >= 0.3 is 0 Å². The van der Waals surface area contributed by atoms with E-state index < -0.39 is 15.8 Å². The van der Waals surface area contributed by atoms with Gasteiger partial charge in [0.25, 0.3) is 0 Å². The predicted octanol–water partition coefficient (Wildman–Crippen LogP) is 2.59. The van der Waals surface area contributed by atoms with Gasteiger partial charge in [0.05, 0.1) is 10.6 Å². The molecule has 1 saturated carbocycles. The second kappa shape index (κ2) is 5.33. The molecule has 2 N–H and O–H groups in total. The minimum Gasteiger partial charge on any atom is -0.396 e. The third kappa shape index (κ3) is 2.54. The zero-order valence-electron chi connectivity index (χ0n) is 12.1. The molecule has 2 rings (SSSR count). The van der Waals surface area contributed by atoms with E-state index in [9.17, 15) is 12.8 Å². The first kappa shape index (κ1) is 15.3. The van der Waals surface area contributed by atoms with Crippen molar-refractivity contribution in [2.75, 3.05) is 12.3 Å². The van der Waals surface area contributed by atoms with E-state index >= 15 is 0 Å². The summed E-state index contributed by atoms with van der Waals surface area (Å²) in [6.45, 7) is 5.61. The number of hydrogen-bond donors (Lipinski definition) is 1. The number of aryl methyl sites for hydroxylation is 1. The van der Waals surface area contributed by atoms with Crippen molar-refractivity contribution in [1.82, 2.24) is 4.31 Å². The lowest BCUT2D eigenvalue weighted by Crippen LogP contribution is -2.34. The number of nitrogen functional groups attached to an aromatic ring is 1. The van der Waals surface area contributed by atoms with Crippen molar-refractivity contribution in [3.63, 3.8) is 0 Å². The van der Waals surface area contributed by atoms with Gasteiger partial charge in [-0.05, 0) is 50.3 Å². The Morgan fingerprint density at radius 3 is 2.50 bits per heavy atom. The fraction of sp³-hybridized carbons (Fsp3) is 0.571. The van der Waals surface area contributed by atoms with E-state index in [4.69, 9.17) is 5.73 Å². The second-order valence-electron chi connectivity index (χ2n) is 5.39. The molecule has 1 fully saturated rings. The van der Waals surface area contributed by atoms with Gasteiger partial charge in [-0.25, -0.2) is 12.8 Å². The number of benzene rings is 1. The zero-order chi connectivity index (χ0) is 15.1. The van der Waals surface area contributed by atoms with E-state index in [0.29, 0.717) is 17.7 Å². The third-order valence-electron chi connectivity index (χ3n) is 3.67. The SMILES string of the molecule is CCCN(C1CC1)S(=O)(=O)c1c(C)cc(F)c(N)c1C.